The largest absolute Gasteiger partial charge is 0.397 e. The van der Waals surface area contributed by atoms with Crippen LogP contribution in [0.2, 0.25) is 5.15 Å². The highest BCUT2D eigenvalue weighted by atomic mass is 35.5. The Hall–Kier alpha value is -1.55. The van der Waals surface area contributed by atoms with Gasteiger partial charge in [-0.15, -0.1) is 0 Å². The molecule has 0 saturated carbocycles. The van der Waals surface area contributed by atoms with Gasteiger partial charge in [-0.2, -0.15) is 0 Å². The van der Waals surface area contributed by atoms with E-state index in [0.29, 0.717) is 17.8 Å². The zero-order chi connectivity index (χ0) is 13.0. The van der Waals surface area contributed by atoms with Gasteiger partial charge < -0.3 is 11.1 Å². The number of halogens is 1. The number of rotatable bonds is 4. The summed E-state index contributed by atoms with van der Waals surface area (Å²) in [4.78, 5) is 15.7. The van der Waals surface area contributed by atoms with Gasteiger partial charge in [-0.1, -0.05) is 23.3 Å². The van der Waals surface area contributed by atoms with E-state index in [1.54, 1.807) is 6.07 Å². The number of allylic oxidation sites excluding steroid dienone is 1. The van der Waals surface area contributed by atoms with Crippen molar-refractivity contribution in [2.75, 3.05) is 12.3 Å². The molecule has 0 aliphatic heterocycles. The Morgan fingerprint density at radius 2 is 2.39 bits per heavy atom. The fraction of sp³-hybridized carbons (Fsp3) is 0.385. The lowest BCUT2D eigenvalue weighted by Gasteiger charge is -2.07. The molecule has 2 rings (SSSR count). The highest BCUT2D eigenvalue weighted by Crippen LogP contribution is 2.20. The summed E-state index contributed by atoms with van der Waals surface area (Å²) in [7, 11) is 0. The van der Waals surface area contributed by atoms with Crippen molar-refractivity contribution in [1.82, 2.24) is 10.3 Å². The first-order chi connectivity index (χ1) is 8.66. The Balaban J connectivity index is 1.89. The third-order valence-electron chi connectivity index (χ3n) is 2.97. The number of nitrogens with two attached hydrogens (primary N) is 1. The number of pyridine rings is 1. The molecule has 0 radical (unpaired) electrons. The minimum Gasteiger partial charge on any atom is -0.397 e. The smallest absolute Gasteiger partial charge is 0.254 e. The van der Waals surface area contributed by atoms with Gasteiger partial charge in [-0.3, -0.25) is 4.79 Å². The van der Waals surface area contributed by atoms with E-state index in [1.165, 1.54) is 18.2 Å². The molecule has 1 aromatic heterocycles. The van der Waals surface area contributed by atoms with Crippen LogP contribution >= 0.6 is 11.6 Å². The Bertz CT molecular complexity index is 485. The topological polar surface area (TPSA) is 68.0 Å². The first-order valence-corrected chi connectivity index (χ1v) is 6.42. The quantitative estimate of drug-likeness (QED) is 0.649. The van der Waals surface area contributed by atoms with Crippen molar-refractivity contribution < 1.29 is 4.79 Å². The molecule has 0 aromatic carbocycles. The predicted octanol–water partition coefficient (Wildman–Crippen LogP) is 2.55. The van der Waals surface area contributed by atoms with Gasteiger partial charge in [0.05, 0.1) is 17.4 Å². The Morgan fingerprint density at radius 1 is 1.56 bits per heavy atom. The summed E-state index contributed by atoms with van der Waals surface area (Å²) in [5.74, 6) is -0.224. The maximum atomic E-state index is 11.9. The van der Waals surface area contributed by atoms with Gasteiger partial charge in [-0.05, 0) is 31.7 Å². The van der Waals surface area contributed by atoms with Gasteiger partial charge in [0.2, 0.25) is 0 Å². The molecule has 1 aliphatic rings. The number of carbonyl (C=O) groups excluding carboxylic acids is 1. The van der Waals surface area contributed by atoms with Gasteiger partial charge in [0.15, 0.2) is 0 Å². The second-order valence-corrected chi connectivity index (χ2v) is 4.73. The van der Waals surface area contributed by atoms with E-state index < -0.39 is 0 Å². The van der Waals surface area contributed by atoms with E-state index in [0.717, 1.165) is 19.3 Å². The number of hydrogen-bond donors (Lipinski definition) is 2. The van der Waals surface area contributed by atoms with Gasteiger partial charge in [-0.25, -0.2) is 4.98 Å². The normalized spacial score (nSPS) is 14.4. The third kappa shape index (κ3) is 3.23. The van der Waals surface area contributed by atoms with Crippen LogP contribution < -0.4 is 11.1 Å². The van der Waals surface area contributed by atoms with Crippen LogP contribution in [0.4, 0.5) is 5.69 Å². The average molecular weight is 266 g/mol. The lowest BCUT2D eigenvalue weighted by atomic mass is 10.1. The summed E-state index contributed by atoms with van der Waals surface area (Å²) >= 11 is 5.86. The molecular formula is C13H16ClN3O. The zero-order valence-electron chi connectivity index (χ0n) is 10.1. The van der Waals surface area contributed by atoms with Gasteiger partial charge in [0.25, 0.3) is 5.91 Å². The van der Waals surface area contributed by atoms with Crippen molar-refractivity contribution in [3.8, 4) is 0 Å². The average Bonchev–Trinajstić information content (AvgIpc) is 2.85. The molecule has 4 nitrogen and oxygen atoms in total. The Morgan fingerprint density at radius 3 is 3.11 bits per heavy atom. The van der Waals surface area contributed by atoms with Crippen LogP contribution in [-0.4, -0.2) is 17.4 Å². The first-order valence-electron chi connectivity index (χ1n) is 6.04. The van der Waals surface area contributed by atoms with E-state index in [1.807, 2.05) is 0 Å². The second kappa shape index (κ2) is 5.87. The van der Waals surface area contributed by atoms with Crippen LogP contribution in [0, 0.1) is 0 Å². The van der Waals surface area contributed by atoms with E-state index in [2.05, 4.69) is 16.4 Å². The monoisotopic (exact) mass is 265 g/mol. The van der Waals surface area contributed by atoms with Crippen molar-refractivity contribution in [1.29, 1.82) is 0 Å². The van der Waals surface area contributed by atoms with Crippen LogP contribution in [0.3, 0.4) is 0 Å². The number of aromatic nitrogens is 1. The molecule has 0 bridgehead atoms. The maximum absolute atomic E-state index is 11.9. The molecule has 1 heterocycles. The summed E-state index contributed by atoms with van der Waals surface area (Å²) in [6, 6.07) is 1.54. The van der Waals surface area contributed by atoms with Crippen LogP contribution in [0.25, 0.3) is 0 Å². The lowest BCUT2D eigenvalue weighted by Crippen LogP contribution is -2.25. The summed E-state index contributed by atoms with van der Waals surface area (Å²) in [6.07, 6.45) is 8.13. The van der Waals surface area contributed by atoms with Crippen molar-refractivity contribution in [2.24, 2.45) is 0 Å². The number of hydrogen-bond acceptors (Lipinski definition) is 3. The van der Waals surface area contributed by atoms with Crippen molar-refractivity contribution >= 4 is 23.2 Å². The van der Waals surface area contributed by atoms with Crippen LogP contribution in [0.1, 0.15) is 36.0 Å². The van der Waals surface area contributed by atoms with Crippen molar-refractivity contribution in [3.63, 3.8) is 0 Å². The lowest BCUT2D eigenvalue weighted by molar-refractivity contribution is 0.0954. The predicted molar refractivity (Wildman–Crippen MR) is 72.5 cm³/mol. The highest BCUT2D eigenvalue weighted by molar-refractivity contribution is 6.32. The van der Waals surface area contributed by atoms with Crippen LogP contribution in [0.5, 0.6) is 0 Å². The minimum absolute atomic E-state index is 0.182. The molecule has 18 heavy (non-hydrogen) atoms. The number of nitrogens with zero attached hydrogens (tertiary/aromatic N) is 1. The molecule has 1 aromatic rings. The molecular weight excluding hydrogens is 250 g/mol. The summed E-state index contributed by atoms with van der Waals surface area (Å²) in [6.45, 7) is 0.621. The molecule has 1 aliphatic carbocycles. The standard InChI is InChI=1S/C13H16ClN3O/c14-12-11(7-10(15)8-17-12)13(18)16-6-5-9-3-1-2-4-9/h3,7-8H,1-2,4-6,15H2,(H,16,18). The first kappa shape index (κ1) is 12.9. The number of anilines is 1. The fourth-order valence-electron chi connectivity index (χ4n) is 2.02. The number of amides is 1. The van der Waals surface area contributed by atoms with E-state index in [9.17, 15) is 4.79 Å². The van der Waals surface area contributed by atoms with Crippen LogP contribution in [-0.2, 0) is 0 Å². The molecule has 5 heteroatoms. The maximum Gasteiger partial charge on any atom is 0.254 e. The van der Waals surface area contributed by atoms with Crippen molar-refractivity contribution in [2.45, 2.75) is 25.7 Å². The van der Waals surface area contributed by atoms with Gasteiger partial charge in [0.1, 0.15) is 5.15 Å². The number of nitrogens with one attached hydrogen (secondary N) is 1. The molecule has 0 unspecified atom stereocenters. The summed E-state index contributed by atoms with van der Waals surface area (Å²) in [5.41, 5.74) is 7.77. The molecule has 0 fully saturated rings. The SMILES string of the molecule is Nc1cnc(Cl)c(C(=O)NCCC2=CCCC2)c1. The minimum atomic E-state index is -0.224. The molecule has 3 N–H and O–H groups in total. The molecule has 96 valence electrons. The van der Waals surface area contributed by atoms with Crippen molar-refractivity contribution in [3.05, 3.63) is 34.6 Å². The molecule has 1 amide bonds. The van der Waals surface area contributed by atoms with Gasteiger partial charge in [0, 0.05) is 6.54 Å². The highest BCUT2D eigenvalue weighted by Gasteiger charge is 2.12. The number of carbonyl (C=O) groups is 1. The van der Waals surface area contributed by atoms with Crippen LogP contribution in [0.15, 0.2) is 23.9 Å². The van der Waals surface area contributed by atoms with E-state index in [4.69, 9.17) is 17.3 Å². The van der Waals surface area contributed by atoms with Gasteiger partial charge >= 0.3 is 0 Å². The summed E-state index contributed by atoms with van der Waals surface area (Å²) < 4.78 is 0. The molecule has 0 saturated heterocycles. The number of nitrogen functional groups attached to an aromatic ring is 1. The molecule has 0 spiro atoms. The Kier molecular flexibility index (Phi) is 4.20. The van der Waals surface area contributed by atoms with E-state index in [-0.39, 0.29) is 11.1 Å². The Labute approximate surface area is 111 Å². The summed E-state index contributed by atoms with van der Waals surface area (Å²) in [5, 5.41) is 3.02. The third-order valence-corrected chi connectivity index (χ3v) is 3.27. The fourth-order valence-corrected chi connectivity index (χ4v) is 2.21. The second-order valence-electron chi connectivity index (χ2n) is 4.37. The molecule has 0 atom stereocenters. The van der Waals surface area contributed by atoms with E-state index >= 15 is 0 Å². The zero-order valence-corrected chi connectivity index (χ0v) is 10.8.